The summed E-state index contributed by atoms with van der Waals surface area (Å²) in [4.78, 5) is 0. The molecule has 110 valence electrons. The molecule has 3 heteroatoms. The van der Waals surface area contributed by atoms with Gasteiger partial charge in [0.05, 0.1) is 7.11 Å². The van der Waals surface area contributed by atoms with Crippen LogP contribution in [0.15, 0.2) is 24.3 Å². The molecular formula is C17H26N2O. The van der Waals surface area contributed by atoms with E-state index in [1.807, 2.05) is 0 Å². The maximum atomic E-state index is 5.23. The maximum Gasteiger partial charge on any atom is 0.118 e. The highest BCUT2D eigenvalue weighted by Crippen LogP contribution is 2.48. The fourth-order valence-corrected chi connectivity index (χ4v) is 3.77. The van der Waals surface area contributed by atoms with Crippen LogP contribution in [0, 0.1) is 5.41 Å². The number of benzene rings is 1. The van der Waals surface area contributed by atoms with Crippen LogP contribution in [0.25, 0.3) is 0 Å². The van der Waals surface area contributed by atoms with Crippen molar-refractivity contribution in [3.63, 3.8) is 0 Å². The molecule has 0 aromatic heterocycles. The van der Waals surface area contributed by atoms with Gasteiger partial charge in [-0.3, -0.25) is 0 Å². The van der Waals surface area contributed by atoms with Crippen molar-refractivity contribution in [1.29, 1.82) is 0 Å². The summed E-state index contributed by atoms with van der Waals surface area (Å²) in [6.07, 6.45) is 5.40. The van der Waals surface area contributed by atoms with Crippen LogP contribution in [-0.4, -0.2) is 26.2 Å². The van der Waals surface area contributed by atoms with Crippen LogP contribution in [0.3, 0.4) is 0 Å². The topological polar surface area (TPSA) is 33.3 Å². The van der Waals surface area contributed by atoms with Gasteiger partial charge in [-0.15, -0.1) is 0 Å². The number of hydrogen-bond donors (Lipinski definition) is 2. The third kappa shape index (κ3) is 2.57. The average molecular weight is 274 g/mol. The minimum absolute atomic E-state index is 0.415. The Morgan fingerprint density at radius 1 is 1.20 bits per heavy atom. The summed E-state index contributed by atoms with van der Waals surface area (Å²) in [6, 6.07) is 9.55. The van der Waals surface area contributed by atoms with E-state index in [1.54, 1.807) is 7.11 Å². The molecule has 1 aliphatic carbocycles. The van der Waals surface area contributed by atoms with E-state index >= 15 is 0 Å². The minimum Gasteiger partial charge on any atom is -0.497 e. The van der Waals surface area contributed by atoms with Gasteiger partial charge >= 0.3 is 0 Å². The molecule has 1 aromatic rings. The van der Waals surface area contributed by atoms with Gasteiger partial charge in [0.15, 0.2) is 0 Å². The second-order valence-electron chi connectivity index (χ2n) is 6.37. The van der Waals surface area contributed by atoms with E-state index < -0.39 is 0 Å². The molecule has 3 nitrogen and oxygen atoms in total. The van der Waals surface area contributed by atoms with Crippen LogP contribution in [0.5, 0.6) is 5.75 Å². The van der Waals surface area contributed by atoms with Crippen molar-refractivity contribution in [2.75, 3.05) is 20.2 Å². The summed E-state index contributed by atoms with van der Waals surface area (Å²) in [5.41, 5.74) is 1.92. The normalized spacial score (nSPS) is 26.0. The highest BCUT2D eigenvalue weighted by atomic mass is 16.5. The highest BCUT2D eigenvalue weighted by molar-refractivity contribution is 5.29. The molecule has 0 bridgehead atoms. The monoisotopic (exact) mass is 274 g/mol. The van der Waals surface area contributed by atoms with Crippen LogP contribution < -0.4 is 15.4 Å². The van der Waals surface area contributed by atoms with Crippen LogP contribution in [0.4, 0.5) is 0 Å². The van der Waals surface area contributed by atoms with Crippen molar-refractivity contribution >= 4 is 0 Å². The Kier molecular flexibility index (Phi) is 3.99. The molecule has 0 radical (unpaired) electrons. The predicted molar refractivity (Wildman–Crippen MR) is 82.1 cm³/mol. The lowest BCUT2D eigenvalue weighted by Crippen LogP contribution is -2.57. The third-order valence-electron chi connectivity index (χ3n) is 5.34. The Hall–Kier alpha value is -1.06. The first kappa shape index (κ1) is 13.9. The fourth-order valence-electron chi connectivity index (χ4n) is 3.77. The molecule has 1 aromatic carbocycles. The van der Waals surface area contributed by atoms with Gasteiger partial charge in [0.2, 0.25) is 0 Å². The second kappa shape index (κ2) is 5.74. The number of methoxy groups -OCH3 is 1. The molecule has 1 saturated heterocycles. The molecule has 0 amide bonds. The summed E-state index contributed by atoms with van der Waals surface area (Å²) >= 11 is 0. The lowest BCUT2D eigenvalue weighted by molar-refractivity contribution is 0.0243. The summed E-state index contributed by atoms with van der Waals surface area (Å²) in [5.74, 6) is 0.930. The number of rotatable bonds is 4. The lowest BCUT2D eigenvalue weighted by atomic mass is 9.59. The van der Waals surface area contributed by atoms with Crippen molar-refractivity contribution in [3.05, 3.63) is 29.8 Å². The van der Waals surface area contributed by atoms with Crippen molar-refractivity contribution in [2.45, 2.75) is 44.7 Å². The molecule has 2 aliphatic rings. The van der Waals surface area contributed by atoms with Crippen molar-refractivity contribution in [3.8, 4) is 5.75 Å². The smallest absolute Gasteiger partial charge is 0.118 e. The van der Waals surface area contributed by atoms with Gasteiger partial charge in [-0.25, -0.2) is 0 Å². The fraction of sp³-hybridized carbons (Fsp3) is 0.647. The number of nitrogens with one attached hydrogen (secondary N) is 2. The van der Waals surface area contributed by atoms with E-state index in [0.29, 0.717) is 17.5 Å². The molecular weight excluding hydrogens is 248 g/mol. The number of ether oxygens (including phenoxy) is 1. The van der Waals surface area contributed by atoms with Gasteiger partial charge in [0.25, 0.3) is 0 Å². The summed E-state index contributed by atoms with van der Waals surface area (Å²) in [7, 11) is 1.71. The first-order chi connectivity index (χ1) is 9.73. The first-order valence-electron chi connectivity index (χ1n) is 7.84. The summed E-state index contributed by atoms with van der Waals surface area (Å²) in [5, 5.41) is 7.35. The van der Waals surface area contributed by atoms with E-state index in [4.69, 9.17) is 4.74 Å². The average Bonchev–Trinajstić information content (AvgIpc) is 2.52. The van der Waals surface area contributed by atoms with E-state index in [-0.39, 0.29) is 0 Å². The molecule has 1 heterocycles. The molecule has 2 N–H and O–H groups in total. The van der Waals surface area contributed by atoms with Gasteiger partial charge in [0.1, 0.15) is 5.75 Å². The molecule has 1 aliphatic heterocycles. The third-order valence-corrected chi connectivity index (χ3v) is 5.34. The van der Waals surface area contributed by atoms with Crippen LogP contribution in [0.2, 0.25) is 0 Å². The van der Waals surface area contributed by atoms with Crippen LogP contribution >= 0.6 is 0 Å². The highest BCUT2D eigenvalue weighted by Gasteiger charge is 2.47. The second-order valence-corrected chi connectivity index (χ2v) is 6.37. The van der Waals surface area contributed by atoms with Gasteiger partial charge in [0, 0.05) is 12.1 Å². The largest absolute Gasteiger partial charge is 0.497 e. The number of piperidine rings is 1. The van der Waals surface area contributed by atoms with Crippen LogP contribution in [-0.2, 0) is 0 Å². The zero-order valence-electron chi connectivity index (χ0n) is 12.6. The summed E-state index contributed by atoms with van der Waals surface area (Å²) < 4.78 is 5.23. The molecule has 3 rings (SSSR count). The van der Waals surface area contributed by atoms with Gasteiger partial charge < -0.3 is 15.4 Å². The van der Waals surface area contributed by atoms with Gasteiger partial charge in [-0.1, -0.05) is 12.1 Å². The maximum absolute atomic E-state index is 5.23. The molecule has 1 saturated carbocycles. The van der Waals surface area contributed by atoms with Crippen molar-refractivity contribution in [2.24, 2.45) is 5.41 Å². The summed E-state index contributed by atoms with van der Waals surface area (Å²) in [6.45, 7) is 4.65. The zero-order chi connectivity index (χ0) is 14.0. The number of hydrogen-bond acceptors (Lipinski definition) is 3. The van der Waals surface area contributed by atoms with Gasteiger partial charge in [-0.05, 0) is 68.8 Å². The Labute approximate surface area is 122 Å². The SMILES string of the molecule is COc1ccc([C@@H](C)N[C@@H]2CCC23CCNCC3)cc1. The lowest BCUT2D eigenvalue weighted by Gasteiger charge is -2.53. The standard InChI is InChI=1S/C17H26N2O/c1-13(14-3-5-15(20-2)6-4-14)19-16-7-8-17(16)9-11-18-12-10-17/h3-6,13,16,18-19H,7-12H2,1-2H3/t13-,16-/m1/s1. The van der Waals surface area contributed by atoms with E-state index in [2.05, 4.69) is 41.8 Å². The molecule has 20 heavy (non-hydrogen) atoms. The first-order valence-corrected chi connectivity index (χ1v) is 7.84. The van der Waals surface area contributed by atoms with Crippen molar-refractivity contribution < 1.29 is 4.74 Å². The minimum atomic E-state index is 0.415. The van der Waals surface area contributed by atoms with Crippen LogP contribution in [0.1, 0.15) is 44.2 Å². The molecule has 0 unspecified atom stereocenters. The Bertz CT molecular complexity index is 437. The quantitative estimate of drug-likeness (QED) is 0.886. The van der Waals surface area contributed by atoms with E-state index in [0.717, 1.165) is 5.75 Å². The van der Waals surface area contributed by atoms with E-state index in [1.165, 1.54) is 44.3 Å². The van der Waals surface area contributed by atoms with Gasteiger partial charge in [-0.2, -0.15) is 0 Å². The Morgan fingerprint density at radius 3 is 2.45 bits per heavy atom. The molecule has 2 atom stereocenters. The predicted octanol–water partition coefficient (Wildman–Crippen LogP) is 2.88. The van der Waals surface area contributed by atoms with Crippen molar-refractivity contribution in [1.82, 2.24) is 10.6 Å². The Balaban J connectivity index is 1.62. The molecule has 1 spiro atoms. The molecule has 2 fully saturated rings. The Morgan fingerprint density at radius 2 is 1.90 bits per heavy atom. The van der Waals surface area contributed by atoms with E-state index in [9.17, 15) is 0 Å². The zero-order valence-corrected chi connectivity index (χ0v) is 12.6.